The van der Waals surface area contributed by atoms with Crippen LogP contribution in [0.4, 0.5) is 10.6 Å². The fourth-order valence-electron chi connectivity index (χ4n) is 5.23. The fourth-order valence-corrected chi connectivity index (χ4v) is 5.23. The molecule has 4 N–H and O–H groups in total. The van der Waals surface area contributed by atoms with Crippen LogP contribution < -0.4 is 16.4 Å². The van der Waals surface area contributed by atoms with Crippen molar-refractivity contribution in [1.82, 2.24) is 35.1 Å². The van der Waals surface area contributed by atoms with E-state index in [9.17, 15) is 14.4 Å². The Labute approximate surface area is 214 Å². The third kappa shape index (κ3) is 5.60. The van der Waals surface area contributed by atoms with Crippen molar-refractivity contribution in [3.05, 3.63) is 12.2 Å². The first-order valence-electron chi connectivity index (χ1n) is 13.0. The number of imidazole rings is 1. The van der Waals surface area contributed by atoms with Gasteiger partial charge in [0.1, 0.15) is 23.7 Å². The minimum absolute atomic E-state index is 0.00490. The highest BCUT2D eigenvalue weighted by atomic mass is 16.6. The summed E-state index contributed by atoms with van der Waals surface area (Å²) in [4.78, 5) is 51.3. The van der Waals surface area contributed by atoms with Gasteiger partial charge < -0.3 is 30.7 Å². The van der Waals surface area contributed by atoms with Crippen molar-refractivity contribution in [2.75, 3.05) is 38.5 Å². The fraction of sp³-hybridized carbons (Fsp3) is 0.667. The van der Waals surface area contributed by atoms with Gasteiger partial charge in [-0.25, -0.2) is 19.7 Å². The second kappa shape index (κ2) is 10.9. The third-order valence-corrected chi connectivity index (χ3v) is 7.29. The van der Waals surface area contributed by atoms with Crippen LogP contribution in [-0.2, 0) is 25.5 Å². The zero-order chi connectivity index (χ0) is 25.9. The van der Waals surface area contributed by atoms with Gasteiger partial charge in [-0.2, -0.15) is 0 Å². The van der Waals surface area contributed by atoms with E-state index in [2.05, 4.69) is 20.6 Å². The van der Waals surface area contributed by atoms with Crippen LogP contribution in [-0.4, -0.2) is 81.2 Å². The van der Waals surface area contributed by atoms with Gasteiger partial charge in [-0.3, -0.25) is 14.2 Å². The molecule has 3 atom stereocenters. The van der Waals surface area contributed by atoms with Crippen molar-refractivity contribution < 1.29 is 23.9 Å². The van der Waals surface area contributed by atoms with E-state index in [1.807, 2.05) is 11.5 Å². The zero-order valence-electron chi connectivity index (χ0n) is 21.0. The number of hydrogen-bond acceptors (Lipinski definition) is 9. The van der Waals surface area contributed by atoms with Gasteiger partial charge in [0.05, 0.1) is 12.9 Å². The standard InChI is InChI=1S/C24H34N8O5/c1-2-26-23(34)16-3-4-19(37-16)32-13-28-20-21(25)29-17(30-22(20)32)9-14-5-7-31(8-6-14)24(35)36-12-15-10-18(33)27-11-15/h13-16,19H,2-12H2,1H3,(H,26,34)(H,27,33)(H2,25,29,30)/t15?,16-,19+/m0/s1. The van der Waals surface area contributed by atoms with Gasteiger partial charge in [-0.1, -0.05) is 0 Å². The number of nitrogen functional groups attached to an aromatic ring is 1. The molecule has 0 saturated carbocycles. The van der Waals surface area contributed by atoms with Gasteiger partial charge >= 0.3 is 6.09 Å². The van der Waals surface area contributed by atoms with E-state index in [1.54, 1.807) is 11.2 Å². The molecule has 0 spiro atoms. The number of amides is 3. The topological polar surface area (TPSA) is 167 Å². The molecule has 200 valence electrons. The van der Waals surface area contributed by atoms with Crippen molar-refractivity contribution in [3.8, 4) is 0 Å². The monoisotopic (exact) mass is 514 g/mol. The quantitative estimate of drug-likeness (QED) is 0.483. The molecule has 3 aliphatic heterocycles. The van der Waals surface area contributed by atoms with Crippen molar-refractivity contribution in [2.45, 2.75) is 57.8 Å². The number of rotatable bonds is 7. The molecule has 3 amide bonds. The van der Waals surface area contributed by atoms with Gasteiger partial charge in [-0.15, -0.1) is 0 Å². The predicted octanol–water partition coefficient (Wildman–Crippen LogP) is 0.749. The summed E-state index contributed by atoms with van der Waals surface area (Å²) in [7, 11) is 0. The number of nitrogens with two attached hydrogens (primary N) is 1. The number of likely N-dealkylation sites (N-methyl/N-ethyl adjacent to an activating group) is 1. The highest BCUT2D eigenvalue weighted by Crippen LogP contribution is 2.32. The van der Waals surface area contributed by atoms with Crippen LogP contribution in [0.2, 0.25) is 0 Å². The molecular formula is C24H34N8O5. The Morgan fingerprint density at radius 2 is 2.03 bits per heavy atom. The second-order valence-corrected chi connectivity index (χ2v) is 9.99. The minimum Gasteiger partial charge on any atom is -0.449 e. The number of anilines is 1. The normalized spacial score (nSPS) is 24.4. The van der Waals surface area contributed by atoms with Crippen LogP contribution >= 0.6 is 0 Å². The van der Waals surface area contributed by atoms with Crippen LogP contribution in [0.15, 0.2) is 6.33 Å². The van der Waals surface area contributed by atoms with Crippen LogP contribution in [0.1, 0.15) is 51.1 Å². The zero-order valence-corrected chi connectivity index (χ0v) is 21.0. The molecule has 5 heterocycles. The number of nitrogens with zero attached hydrogens (tertiary/aromatic N) is 5. The lowest BCUT2D eigenvalue weighted by Gasteiger charge is -2.31. The van der Waals surface area contributed by atoms with Gasteiger partial charge in [-0.05, 0) is 38.5 Å². The number of piperidine rings is 1. The molecule has 0 aliphatic carbocycles. The Bertz CT molecular complexity index is 1160. The number of ether oxygens (including phenoxy) is 2. The first-order chi connectivity index (χ1) is 17.9. The average molecular weight is 515 g/mol. The van der Waals surface area contributed by atoms with E-state index in [4.69, 9.17) is 20.2 Å². The van der Waals surface area contributed by atoms with E-state index in [0.29, 0.717) is 80.6 Å². The third-order valence-electron chi connectivity index (χ3n) is 7.29. The Morgan fingerprint density at radius 3 is 2.76 bits per heavy atom. The van der Waals surface area contributed by atoms with Crippen molar-refractivity contribution >= 4 is 34.9 Å². The van der Waals surface area contributed by atoms with E-state index in [-0.39, 0.29) is 36.7 Å². The number of carbonyl (C=O) groups excluding carboxylic acids is 3. The number of nitrogens with one attached hydrogen (secondary N) is 2. The molecule has 13 heteroatoms. The molecule has 3 saturated heterocycles. The Morgan fingerprint density at radius 1 is 1.22 bits per heavy atom. The lowest BCUT2D eigenvalue weighted by Crippen LogP contribution is -2.40. The van der Waals surface area contributed by atoms with Gasteiger partial charge in [0.2, 0.25) is 11.8 Å². The predicted molar refractivity (Wildman–Crippen MR) is 132 cm³/mol. The summed E-state index contributed by atoms with van der Waals surface area (Å²) in [5, 5.41) is 5.56. The maximum absolute atomic E-state index is 12.4. The van der Waals surface area contributed by atoms with E-state index in [1.165, 1.54) is 0 Å². The molecule has 37 heavy (non-hydrogen) atoms. The lowest BCUT2D eigenvalue weighted by atomic mass is 9.93. The van der Waals surface area contributed by atoms with Gasteiger partial charge in [0.25, 0.3) is 0 Å². The Kier molecular flexibility index (Phi) is 7.40. The highest BCUT2D eigenvalue weighted by Gasteiger charge is 2.33. The maximum atomic E-state index is 12.4. The number of carbonyl (C=O) groups is 3. The van der Waals surface area contributed by atoms with Crippen LogP contribution in [0, 0.1) is 11.8 Å². The van der Waals surface area contributed by atoms with E-state index in [0.717, 1.165) is 12.8 Å². The SMILES string of the molecule is CCNC(=O)[C@@H]1CC[C@H](n2cnc3c(N)nc(CC4CCN(C(=O)OCC5CNC(=O)C5)CC4)nc32)O1. The number of aromatic nitrogens is 4. The molecule has 2 aromatic rings. The highest BCUT2D eigenvalue weighted by molar-refractivity contribution is 5.82. The van der Waals surface area contributed by atoms with Gasteiger partial charge in [0, 0.05) is 44.9 Å². The summed E-state index contributed by atoms with van der Waals surface area (Å²) in [6.45, 7) is 4.44. The van der Waals surface area contributed by atoms with E-state index >= 15 is 0 Å². The molecule has 0 aromatic carbocycles. The summed E-state index contributed by atoms with van der Waals surface area (Å²) in [6.07, 6.45) is 4.44. The Hall–Kier alpha value is -3.48. The van der Waals surface area contributed by atoms with Gasteiger partial charge in [0.15, 0.2) is 11.5 Å². The van der Waals surface area contributed by atoms with Crippen molar-refractivity contribution in [2.24, 2.45) is 11.8 Å². The largest absolute Gasteiger partial charge is 0.449 e. The molecule has 0 bridgehead atoms. The molecule has 2 aromatic heterocycles. The minimum atomic E-state index is -0.491. The Balaban J connectivity index is 1.17. The molecule has 1 unspecified atom stereocenters. The number of hydrogen-bond donors (Lipinski definition) is 3. The molecule has 3 fully saturated rings. The van der Waals surface area contributed by atoms with Crippen molar-refractivity contribution in [1.29, 1.82) is 0 Å². The first kappa shape index (κ1) is 25.2. The second-order valence-electron chi connectivity index (χ2n) is 9.99. The first-order valence-corrected chi connectivity index (χ1v) is 13.0. The van der Waals surface area contributed by atoms with Crippen LogP contribution in [0.25, 0.3) is 11.2 Å². The number of fused-ring (bicyclic) bond motifs is 1. The van der Waals surface area contributed by atoms with Crippen LogP contribution in [0.3, 0.4) is 0 Å². The summed E-state index contributed by atoms with van der Waals surface area (Å²) >= 11 is 0. The smallest absolute Gasteiger partial charge is 0.409 e. The summed E-state index contributed by atoms with van der Waals surface area (Å²) in [5.74, 6) is 1.20. The summed E-state index contributed by atoms with van der Waals surface area (Å²) in [6, 6.07) is 0. The summed E-state index contributed by atoms with van der Waals surface area (Å²) < 4.78 is 13.3. The maximum Gasteiger partial charge on any atom is 0.409 e. The molecular weight excluding hydrogens is 480 g/mol. The molecule has 5 rings (SSSR count). The molecule has 13 nitrogen and oxygen atoms in total. The number of likely N-dealkylation sites (tertiary alicyclic amines) is 1. The summed E-state index contributed by atoms with van der Waals surface area (Å²) in [5.41, 5.74) is 7.34. The lowest BCUT2D eigenvalue weighted by molar-refractivity contribution is -0.133. The molecule has 3 aliphatic rings. The van der Waals surface area contributed by atoms with Crippen molar-refractivity contribution in [3.63, 3.8) is 0 Å². The van der Waals surface area contributed by atoms with E-state index < -0.39 is 6.10 Å². The van der Waals surface area contributed by atoms with Crippen LogP contribution in [0.5, 0.6) is 0 Å². The average Bonchev–Trinajstić information content (AvgIpc) is 3.63. The molecule has 0 radical (unpaired) electrons.